The van der Waals surface area contributed by atoms with E-state index < -0.39 is 30.3 Å². The summed E-state index contributed by atoms with van der Waals surface area (Å²) in [5, 5.41) is 18.0. The SMILES string of the molecule is O=C(O)C(F)(F)F.O=C(O)[C@@H]1C[C@@H](F)CN1. The number of hydrogen-bond donors (Lipinski definition) is 3. The van der Waals surface area contributed by atoms with Crippen molar-refractivity contribution in [2.75, 3.05) is 6.54 Å². The highest BCUT2D eigenvalue weighted by molar-refractivity contribution is 5.74. The Labute approximate surface area is 87.1 Å². The molecule has 0 spiro atoms. The lowest BCUT2D eigenvalue weighted by atomic mass is 10.2. The molecule has 1 aliphatic heterocycles. The van der Waals surface area contributed by atoms with Crippen LogP contribution in [0, 0.1) is 0 Å². The molecule has 5 nitrogen and oxygen atoms in total. The van der Waals surface area contributed by atoms with Crippen LogP contribution in [0.25, 0.3) is 0 Å². The number of halogens is 4. The Morgan fingerprint density at radius 3 is 1.81 bits per heavy atom. The molecule has 0 aliphatic carbocycles. The number of aliphatic carboxylic acids is 2. The largest absolute Gasteiger partial charge is 0.490 e. The smallest absolute Gasteiger partial charge is 0.480 e. The zero-order valence-corrected chi connectivity index (χ0v) is 7.79. The third-order valence-corrected chi connectivity index (χ3v) is 1.62. The first kappa shape index (κ1) is 14.6. The highest BCUT2D eigenvalue weighted by Crippen LogP contribution is 2.13. The lowest BCUT2D eigenvalue weighted by Crippen LogP contribution is -2.29. The van der Waals surface area contributed by atoms with Gasteiger partial charge in [-0.25, -0.2) is 9.18 Å². The first-order chi connectivity index (χ1) is 7.14. The molecule has 1 saturated heterocycles. The summed E-state index contributed by atoms with van der Waals surface area (Å²) in [5.74, 6) is -3.72. The van der Waals surface area contributed by atoms with Gasteiger partial charge in [-0.15, -0.1) is 0 Å². The quantitative estimate of drug-likeness (QED) is 0.584. The third kappa shape index (κ3) is 5.49. The summed E-state index contributed by atoms with van der Waals surface area (Å²) in [7, 11) is 0. The van der Waals surface area contributed by atoms with Crippen molar-refractivity contribution >= 4 is 11.9 Å². The lowest BCUT2D eigenvalue weighted by Gasteiger charge is -1.99. The lowest BCUT2D eigenvalue weighted by molar-refractivity contribution is -0.192. The van der Waals surface area contributed by atoms with Crippen LogP contribution in [0.1, 0.15) is 6.42 Å². The summed E-state index contributed by atoms with van der Waals surface area (Å²) < 4.78 is 43.9. The topological polar surface area (TPSA) is 86.6 Å². The predicted octanol–water partition coefficient (Wildman–Crippen LogP) is 0.404. The number of rotatable bonds is 1. The summed E-state index contributed by atoms with van der Waals surface area (Å²) >= 11 is 0. The van der Waals surface area contributed by atoms with Gasteiger partial charge in [0.2, 0.25) is 0 Å². The molecule has 2 atom stereocenters. The highest BCUT2D eigenvalue weighted by Gasteiger charge is 2.38. The van der Waals surface area contributed by atoms with Crippen LogP contribution in [0.15, 0.2) is 0 Å². The van der Waals surface area contributed by atoms with E-state index in [4.69, 9.17) is 15.0 Å². The Morgan fingerprint density at radius 1 is 1.25 bits per heavy atom. The second kappa shape index (κ2) is 5.64. The minimum atomic E-state index is -5.08. The first-order valence-electron chi connectivity index (χ1n) is 4.05. The van der Waals surface area contributed by atoms with Crippen molar-refractivity contribution in [2.45, 2.75) is 24.8 Å². The van der Waals surface area contributed by atoms with Crippen LogP contribution in [-0.2, 0) is 9.59 Å². The molecule has 1 rings (SSSR count). The van der Waals surface area contributed by atoms with E-state index in [0.717, 1.165) is 0 Å². The molecule has 1 fully saturated rings. The summed E-state index contributed by atoms with van der Waals surface area (Å²) in [6.45, 7) is 0.178. The van der Waals surface area contributed by atoms with Crippen LogP contribution >= 0.6 is 0 Å². The average Bonchev–Trinajstić information content (AvgIpc) is 2.51. The molecule has 1 aliphatic rings. The molecule has 94 valence electrons. The van der Waals surface area contributed by atoms with E-state index in [1.165, 1.54) is 0 Å². The number of hydrogen-bond acceptors (Lipinski definition) is 3. The first-order valence-corrected chi connectivity index (χ1v) is 4.05. The summed E-state index contributed by atoms with van der Waals surface area (Å²) in [6, 6.07) is -0.667. The number of carboxylic acids is 2. The average molecular weight is 247 g/mol. The molecule has 16 heavy (non-hydrogen) atoms. The molecule has 0 saturated carbocycles. The van der Waals surface area contributed by atoms with Crippen LogP contribution in [0.5, 0.6) is 0 Å². The van der Waals surface area contributed by atoms with Crippen molar-refractivity contribution in [3.05, 3.63) is 0 Å². The number of alkyl halides is 4. The van der Waals surface area contributed by atoms with Gasteiger partial charge in [0.05, 0.1) is 0 Å². The number of nitrogens with one attached hydrogen (secondary N) is 1. The van der Waals surface area contributed by atoms with E-state index in [-0.39, 0.29) is 13.0 Å². The van der Waals surface area contributed by atoms with Crippen molar-refractivity contribution in [2.24, 2.45) is 0 Å². The maximum absolute atomic E-state index is 12.2. The van der Waals surface area contributed by atoms with E-state index in [9.17, 15) is 22.4 Å². The summed E-state index contributed by atoms with van der Waals surface area (Å²) in [4.78, 5) is 19.0. The fourth-order valence-electron chi connectivity index (χ4n) is 0.881. The minimum Gasteiger partial charge on any atom is -0.480 e. The molecule has 0 radical (unpaired) electrons. The van der Waals surface area contributed by atoms with Gasteiger partial charge in [0.25, 0.3) is 0 Å². The van der Waals surface area contributed by atoms with E-state index in [2.05, 4.69) is 5.32 Å². The van der Waals surface area contributed by atoms with Gasteiger partial charge < -0.3 is 15.5 Å². The third-order valence-electron chi connectivity index (χ3n) is 1.62. The van der Waals surface area contributed by atoms with E-state index in [1.807, 2.05) is 0 Å². The van der Waals surface area contributed by atoms with Crippen molar-refractivity contribution in [3.8, 4) is 0 Å². The van der Waals surface area contributed by atoms with Gasteiger partial charge in [-0.2, -0.15) is 13.2 Å². The molecular weight excluding hydrogens is 238 g/mol. The molecule has 0 aromatic carbocycles. The fourth-order valence-corrected chi connectivity index (χ4v) is 0.881. The van der Waals surface area contributed by atoms with Crippen LogP contribution < -0.4 is 5.32 Å². The summed E-state index contributed by atoms with van der Waals surface area (Å²) in [6.07, 6.45) is -5.96. The zero-order chi connectivity index (χ0) is 12.9. The Bertz CT molecular complexity index is 268. The van der Waals surface area contributed by atoms with Crippen molar-refractivity contribution in [1.82, 2.24) is 5.32 Å². The van der Waals surface area contributed by atoms with Crippen molar-refractivity contribution in [1.29, 1.82) is 0 Å². The Kier molecular flexibility index (Phi) is 5.15. The predicted molar refractivity (Wildman–Crippen MR) is 42.6 cm³/mol. The van der Waals surface area contributed by atoms with E-state index >= 15 is 0 Å². The molecular formula is C7H9F4NO4. The van der Waals surface area contributed by atoms with Crippen LogP contribution in [0.4, 0.5) is 17.6 Å². The monoisotopic (exact) mass is 247 g/mol. The molecule has 0 aromatic heterocycles. The Hall–Kier alpha value is -1.38. The second-order valence-corrected chi connectivity index (χ2v) is 2.93. The van der Waals surface area contributed by atoms with Gasteiger partial charge >= 0.3 is 18.1 Å². The highest BCUT2D eigenvalue weighted by atomic mass is 19.4. The normalized spacial score (nSPS) is 24.5. The standard InChI is InChI=1S/C5H8FNO2.C2HF3O2/c6-3-1-4(5(8)9)7-2-3;3-2(4,5)1(6)7/h3-4,7H,1-2H2,(H,8,9);(H,6,7)/t3-,4+;/m1./s1. The molecule has 0 amide bonds. The van der Waals surface area contributed by atoms with Crippen LogP contribution in [0.3, 0.4) is 0 Å². The van der Waals surface area contributed by atoms with Gasteiger partial charge in [-0.05, 0) is 0 Å². The van der Waals surface area contributed by atoms with Gasteiger partial charge in [0.15, 0.2) is 0 Å². The minimum absolute atomic E-state index is 0.106. The van der Waals surface area contributed by atoms with E-state index in [0.29, 0.717) is 0 Å². The van der Waals surface area contributed by atoms with Gasteiger partial charge in [-0.3, -0.25) is 4.79 Å². The van der Waals surface area contributed by atoms with Crippen LogP contribution in [-0.4, -0.2) is 47.1 Å². The molecule has 9 heteroatoms. The molecule has 0 aromatic rings. The fraction of sp³-hybridized carbons (Fsp3) is 0.714. The van der Waals surface area contributed by atoms with Gasteiger partial charge in [0, 0.05) is 13.0 Å². The molecule has 0 unspecified atom stereocenters. The molecule has 3 N–H and O–H groups in total. The maximum Gasteiger partial charge on any atom is 0.490 e. The maximum atomic E-state index is 12.2. The van der Waals surface area contributed by atoms with Crippen LogP contribution in [0.2, 0.25) is 0 Å². The van der Waals surface area contributed by atoms with E-state index in [1.54, 1.807) is 0 Å². The summed E-state index contributed by atoms with van der Waals surface area (Å²) in [5.41, 5.74) is 0. The van der Waals surface area contributed by atoms with Gasteiger partial charge in [0.1, 0.15) is 12.2 Å². The zero-order valence-electron chi connectivity index (χ0n) is 7.79. The molecule has 0 bridgehead atoms. The number of carbonyl (C=O) groups is 2. The Balaban J connectivity index is 0.000000293. The molecule has 1 heterocycles. The van der Waals surface area contributed by atoms with Crippen molar-refractivity contribution < 1.29 is 37.4 Å². The number of carboxylic acid groups (broad SMARTS) is 2. The van der Waals surface area contributed by atoms with Crippen molar-refractivity contribution in [3.63, 3.8) is 0 Å². The second-order valence-electron chi connectivity index (χ2n) is 2.93. The van der Waals surface area contributed by atoms with Gasteiger partial charge in [-0.1, -0.05) is 0 Å². The Morgan fingerprint density at radius 2 is 1.69 bits per heavy atom.